The highest BCUT2D eigenvalue weighted by Gasteiger charge is 2.22. The van der Waals surface area contributed by atoms with Gasteiger partial charge in [0.15, 0.2) is 0 Å². The Labute approximate surface area is 105 Å². The Morgan fingerprint density at radius 2 is 2.18 bits per heavy atom. The van der Waals surface area contributed by atoms with Gasteiger partial charge in [-0.2, -0.15) is 0 Å². The highest BCUT2D eigenvalue weighted by Crippen LogP contribution is 2.24. The van der Waals surface area contributed by atoms with Gasteiger partial charge in [0.1, 0.15) is 0 Å². The zero-order valence-corrected chi connectivity index (χ0v) is 11.4. The number of nitrogens with zero attached hydrogens (tertiary/aromatic N) is 2. The molecular formula is C14H25N3. The molecule has 0 unspecified atom stereocenters. The number of imidazole rings is 1. The average molecular weight is 235 g/mol. The molecule has 17 heavy (non-hydrogen) atoms. The van der Waals surface area contributed by atoms with E-state index >= 15 is 0 Å². The van der Waals surface area contributed by atoms with Crippen LogP contribution in [0.15, 0.2) is 6.20 Å². The summed E-state index contributed by atoms with van der Waals surface area (Å²) in [5, 5.41) is 3.51. The molecule has 0 atom stereocenters. The van der Waals surface area contributed by atoms with Crippen LogP contribution in [0.25, 0.3) is 0 Å². The topological polar surface area (TPSA) is 29.9 Å². The van der Waals surface area contributed by atoms with Gasteiger partial charge in [0.2, 0.25) is 5.95 Å². The van der Waals surface area contributed by atoms with Gasteiger partial charge in [-0.1, -0.05) is 26.7 Å². The summed E-state index contributed by atoms with van der Waals surface area (Å²) in [6.45, 7) is 7.76. The van der Waals surface area contributed by atoms with Crippen molar-refractivity contribution in [3.05, 3.63) is 11.9 Å². The van der Waals surface area contributed by atoms with Crippen molar-refractivity contribution >= 4 is 5.95 Å². The molecule has 3 heteroatoms. The molecule has 1 N–H and O–H groups in total. The molecule has 96 valence electrons. The summed E-state index contributed by atoms with van der Waals surface area (Å²) in [4.78, 5) is 4.56. The maximum absolute atomic E-state index is 4.56. The number of hydrogen-bond donors (Lipinski definition) is 1. The van der Waals surface area contributed by atoms with Crippen LogP contribution in [0.3, 0.4) is 0 Å². The molecule has 3 nitrogen and oxygen atoms in total. The molecule has 1 aliphatic rings. The number of nitrogens with one attached hydrogen (secondary N) is 1. The minimum atomic E-state index is 0.686. The van der Waals surface area contributed by atoms with Gasteiger partial charge in [-0.3, -0.25) is 0 Å². The molecule has 0 saturated heterocycles. The fourth-order valence-corrected chi connectivity index (χ4v) is 2.08. The maximum Gasteiger partial charge on any atom is 0.203 e. The number of aryl methyl sites for hydroxylation is 2. The van der Waals surface area contributed by atoms with Crippen molar-refractivity contribution < 1.29 is 0 Å². The van der Waals surface area contributed by atoms with E-state index in [0.717, 1.165) is 24.1 Å². The number of hydrogen-bond acceptors (Lipinski definition) is 2. The smallest absolute Gasteiger partial charge is 0.203 e. The molecule has 1 aromatic heterocycles. The van der Waals surface area contributed by atoms with Crippen LogP contribution >= 0.6 is 0 Å². The molecule has 1 fully saturated rings. The Morgan fingerprint density at radius 1 is 1.41 bits per heavy atom. The van der Waals surface area contributed by atoms with E-state index in [0.29, 0.717) is 6.04 Å². The Balaban J connectivity index is 1.81. The third kappa shape index (κ3) is 4.06. The third-order valence-corrected chi connectivity index (χ3v) is 3.24. The number of anilines is 1. The van der Waals surface area contributed by atoms with Crippen LogP contribution in [-0.2, 0) is 6.54 Å². The Bertz CT molecular complexity index is 350. The van der Waals surface area contributed by atoms with E-state index in [9.17, 15) is 0 Å². The van der Waals surface area contributed by atoms with E-state index in [1.807, 2.05) is 0 Å². The SMILES string of the molecule is Cc1cn(CCCCC(C)C)c(NC2CC2)n1. The lowest BCUT2D eigenvalue weighted by atomic mass is 10.1. The zero-order chi connectivity index (χ0) is 12.3. The predicted molar refractivity (Wildman–Crippen MR) is 72.3 cm³/mol. The molecule has 1 heterocycles. The summed E-state index contributed by atoms with van der Waals surface area (Å²) in [6, 6.07) is 0.686. The Hall–Kier alpha value is -0.990. The molecule has 1 aromatic rings. The van der Waals surface area contributed by atoms with Gasteiger partial charge in [0.05, 0.1) is 5.69 Å². The first-order valence-electron chi connectivity index (χ1n) is 6.95. The van der Waals surface area contributed by atoms with Crippen LogP contribution in [0.4, 0.5) is 5.95 Å². The van der Waals surface area contributed by atoms with Crippen LogP contribution in [-0.4, -0.2) is 15.6 Å². The lowest BCUT2D eigenvalue weighted by Crippen LogP contribution is -2.09. The van der Waals surface area contributed by atoms with E-state index in [1.165, 1.54) is 32.1 Å². The number of unbranched alkanes of at least 4 members (excludes halogenated alkanes) is 1. The summed E-state index contributed by atoms with van der Waals surface area (Å²) in [5.74, 6) is 1.90. The maximum atomic E-state index is 4.56. The van der Waals surface area contributed by atoms with Gasteiger partial charge in [0, 0.05) is 18.8 Å². The summed E-state index contributed by atoms with van der Waals surface area (Å²) in [7, 11) is 0. The van der Waals surface area contributed by atoms with E-state index in [1.54, 1.807) is 0 Å². The second-order valence-electron chi connectivity index (χ2n) is 5.71. The van der Waals surface area contributed by atoms with Gasteiger partial charge in [0.25, 0.3) is 0 Å². The molecular weight excluding hydrogens is 210 g/mol. The van der Waals surface area contributed by atoms with Crippen LogP contribution < -0.4 is 5.32 Å². The first-order chi connectivity index (χ1) is 8.15. The van der Waals surface area contributed by atoms with Crippen LogP contribution in [0.1, 0.15) is 51.6 Å². The largest absolute Gasteiger partial charge is 0.353 e. The second kappa shape index (κ2) is 5.56. The van der Waals surface area contributed by atoms with Crippen molar-refractivity contribution in [3.8, 4) is 0 Å². The Kier molecular flexibility index (Phi) is 4.08. The molecule has 0 bridgehead atoms. The molecule has 1 saturated carbocycles. The first kappa shape index (κ1) is 12.5. The minimum Gasteiger partial charge on any atom is -0.353 e. The molecule has 0 aliphatic heterocycles. The predicted octanol–water partition coefficient (Wildman–Crippen LogP) is 3.59. The quantitative estimate of drug-likeness (QED) is 0.732. The molecule has 0 spiro atoms. The summed E-state index contributed by atoms with van der Waals surface area (Å²) < 4.78 is 2.29. The second-order valence-corrected chi connectivity index (χ2v) is 5.71. The van der Waals surface area contributed by atoms with Crippen molar-refractivity contribution in [2.45, 2.75) is 65.5 Å². The van der Waals surface area contributed by atoms with Gasteiger partial charge in [-0.25, -0.2) is 4.98 Å². The van der Waals surface area contributed by atoms with Gasteiger partial charge < -0.3 is 9.88 Å². The lowest BCUT2D eigenvalue weighted by molar-refractivity contribution is 0.510. The van der Waals surface area contributed by atoms with Gasteiger partial charge in [-0.15, -0.1) is 0 Å². The zero-order valence-electron chi connectivity index (χ0n) is 11.4. The third-order valence-electron chi connectivity index (χ3n) is 3.24. The monoisotopic (exact) mass is 235 g/mol. The molecule has 0 amide bonds. The van der Waals surface area contributed by atoms with Crippen molar-refractivity contribution in [1.82, 2.24) is 9.55 Å². The van der Waals surface area contributed by atoms with E-state index in [-0.39, 0.29) is 0 Å². The average Bonchev–Trinajstić information content (AvgIpc) is 2.98. The number of aromatic nitrogens is 2. The summed E-state index contributed by atoms with van der Waals surface area (Å²) in [6.07, 6.45) is 8.68. The molecule has 2 rings (SSSR count). The Morgan fingerprint density at radius 3 is 2.82 bits per heavy atom. The van der Waals surface area contributed by atoms with Gasteiger partial charge >= 0.3 is 0 Å². The summed E-state index contributed by atoms with van der Waals surface area (Å²) >= 11 is 0. The van der Waals surface area contributed by atoms with Crippen molar-refractivity contribution in [3.63, 3.8) is 0 Å². The first-order valence-corrected chi connectivity index (χ1v) is 6.95. The summed E-state index contributed by atoms with van der Waals surface area (Å²) in [5.41, 5.74) is 1.12. The minimum absolute atomic E-state index is 0.686. The van der Waals surface area contributed by atoms with Crippen molar-refractivity contribution in [1.29, 1.82) is 0 Å². The van der Waals surface area contributed by atoms with E-state index < -0.39 is 0 Å². The molecule has 0 aromatic carbocycles. The lowest BCUT2D eigenvalue weighted by Gasteiger charge is -2.09. The number of rotatable bonds is 7. The van der Waals surface area contributed by atoms with Crippen LogP contribution in [0, 0.1) is 12.8 Å². The van der Waals surface area contributed by atoms with E-state index in [2.05, 4.69) is 41.8 Å². The molecule has 0 radical (unpaired) electrons. The van der Waals surface area contributed by atoms with E-state index in [4.69, 9.17) is 0 Å². The highest BCUT2D eigenvalue weighted by atomic mass is 15.2. The van der Waals surface area contributed by atoms with Crippen LogP contribution in [0.5, 0.6) is 0 Å². The van der Waals surface area contributed by atoms with Crippen molar-refractivity contribution in [2.75, 3.05) is 5.32 Å². The standard InChI is InChI=1S/C14H25N3/c1-11(2)6-4-5-9-17-10-12(3)15-14(17)16-13-7-8-13/h10-11,13H,4-9H2,1-3H3,(H,15,16). The normalized spacial score (nSPS) is 15.5. The van der Waals surface area contributed by atoms with Crippen LogP contribution in [0.2, 0.25) is 0 Å². The fourth-order valence-electron chi connectivity index (χ4n) is 2.08. The highest BCUT2D eigenvalue weighted by molar-refractivity contribution is 5.32. The van der Waals surface area contributed by atoms with Crippen molar-refractivity contribution in [2.24, 2.45) is 5.92 Å². The fraction of sp³-hybridized carbons (Fsp3) is 0.786. The van der Waals surface area contributed by atoms with Gasteiger partial charge in [-0.05, 0) is 32.1 Å². The molecule has 1 aliphatic carbocycles.